The van der Waals surface area contributed by atoms with Gasteiger partial charge in [0.05, 0.1) is 17.8 Å². The molecule has 1 aliphatic rings. The van der Waals surface area contributed by atoms with Gasteiger partial charge in [0.2, 0.25) is 0 Å². The number of thioether (sulfide) groups is 1. The van der Waals surface area contributed by atoms with Crippen LogP contribution in [-0.2, 0) is 11.2 Å². The Morgan fingerprint density at radius 1 is 1.57 bits per heavy atom. The number of ketones is 1. The molecule has 76 valence electrons. The zero-order valence-corrected chi connectivity index (χ0v) is 8.89. The van der Waals surface area contributed by atoms with Crippen LogP contribution >= 0.6 is 11.8 Å². The Hall–Kier alpha value is -0.700. The Labute approximate surface area is 88.1 Å². The third-order valence-corrected chi connectivity index (χ3v) is 3.92. The smallest absolute Gasteiger partial charge is 0.150 e. The molecule has 1 atom stereocenters. The van der Waals surface area contributed by atoms with E-state index in [2.05, 4.69) is 0 Å². The molecule has 1 saturated heterocycles. The lowest BCUT2D eigenvalue weighted by molar-refractivity contribution is -0.118. The number of carbonyl (C=O) groups excluding carboxylic acids is 1. The summed E-state index contributed by atoms with van der Waals surface area (Å²) in [5.41, 5.74) is 1.00. The Kier molecular flexibility index (Phi) is 3.30. The molecule has 1 unspecified atom stereocenters. The summed E-state index contributed by atoms with van der Waals surface area (Å²) in [4.78, 5) is 11.8. The van der Waals surface area contributed by atoms with E-state index in [4.69, 9.17) is 4.42 Å². The summed E-state index contributed by atoms with van der Waals surface area (Å²) in [5.74, 6) is 1.50. The minimum absolute atomic E-state index is 0.235. The van der Waals surface area contributed by atoms with Gasteiger partial charge in [-0.1, -0.05) is 6.42 Å². The fraction of sp³-hybridized carbons (Fsp3) is 0.545. The average Bonchev–Trinajstić information content (AvgIpc) is 2.72. The molecule has 0 bridgehead atoms. The first kappa shape index (κ1) is 9.84. The van der Waals surface area contributed by atoms with Gasteiger partial charge in [0.1, 0.15) is 5.78 Å². The first-order chi connectivity index (χ1) is 6.86. The maximum absolute atomic E-state index is 11.8. The molecule has 2 rings (SSSR count). The van der Waals surface area contributed by atoms with Gasteiger partial charge < -0.3 is 4.42 Å². The molecule has 1 aromatic rings. The van der Waals surface area contributed by atoms with Crippen molar-refractivity contribution < 1.29 is 9.21 Å². The van der Waals surface area contributed by atoms with E-state index in [1.165, 1.54) is 12.8 Å². The fourth-order valence-electron chi connectivity index (χ4n) is 1.70. The van der Waals surface area contributed by atoms with Crippen LogP contribution in [0.25, 0.3) is 0 Å². The maximum Gasteiger partial charge on any atom is 0.150 e. The Morgan fingerprint density at radius 2 is 2.50 bits per heavy atom. The Morgan fingerprint density at radius 3 is 3.14 bits per heavy atom. The van der Waals surface area contributed by atoms with Crippen LogP contribution in [0.1, 0.15) is 24.8 Å². The molecule has 1 aliphatic heterocycles. The second-order valence-electron chi connectivity index (χ2n) is 3.63. The van der Waals surface area contributed by atoms with Gasteiger partial charge in [0.25, 0.3) is 0 Å². The summed E-state index contributed by atoms with van der Waals surface area (Å²) in [6.07, 6.45) is 7.34. The molecule has 0 saturated carbocycles. The number of carbonyl (C=O) groups is 1. The molecular formula is C11H14O2S. The molecule has 0 aromatic carbocycles. The van der Waals surface area contributed by atoms with Crippen LogP contribution < -0.4 is 0 Å². The SMILES string of the molecule is O=C(Cc1ccoc1)C1CCCCS1. The first-order valence-corrected chi connectivity index (χ1v) is 6.06. The highest BCUT2D eigenvalue weighted by Gasteiger charge is 2.21. The minimum Gasteiger partial charge on any atom is -0.472 e. The highest BCUT2D eigenvalue weighted by atomic mass is 32.2. The van der Waals surface area contributed by atoms with Crippen LogP contribution in [-0.4, -0.2) is 16.8 Å². The van der Waals surface area contributed by atoms with Crippen LogP contribution in [0, 0.1) is 0 Å². The van der Waals surface area contributed by atoms with Gasteiger partial charge in [-0.3, -0.25) is 4.79 Å². The zero-order chi connectivity index (χ0) is 9.80. The van der Waals surface area contributed by atoms with E-state index < -0.39 is 0 Å². The summed E-state index contributed by atoms with van der Waals surface area (Å²) in [6, 6.07) is 1.87. The van der Waals surface area contributed by atoms with Crippen molar-refractivity contribution in [1.82, 2.24) is 0 Å². The highest BCUT2D eigenvalue weighted by Crippen LogP contribution is 2.26. The lowest BCUT2D eigenvalue weighted by Crippen LogP contribution is -2.22. The topological polar surface area (TPSA) is 30.2 Å². The van der Waals surface area contributed by atoms with Gasteiger partial charge in [-0.25, -0.2) is 0 Å². The molecule has 1 aromatic heterocycles. The minimum atomic E-state index is 0.235. The second kappa shape index (κ2) is 4.69. The molecule has 2 nitrogen and oxygen atoms in total. The molecule has 2 heterocycles. The van der Waals surface area contributed by atoms with Gasteiger partial charge in [-0.2, -0.15) is 11.8 Å². The first-order valence-electron chi connectivity index (χ1n) is 5.01. The van der Waals surface area contributed by atoms with E-state index in [0.717, 1.165) is 17.7 Å². The van der Waals surface area contributed by atoms with Crippen molar-refractivity contribution in [3.8, 4) is 0 Å². The summed E-state index contributed by atoms with van der Waals surface area (Å²) in [6.45, 7) is 0. The predicted octanol–water partition coefficient (Wildman–Crippen LogP) is 2.68. The van der Waals surface area contributed by atoms with Crippen LogP contribution in [0.4, 0.5) is 0 Å². The summed E-state index contributed by atoms with van der Waals surface area (Å²) in [5, 5.41) is 0.235. The molecule has 0 aliphatic carbocycles. The predicted molar refractivity (Wildman–Crippen MR) is 57.5 cm³/mol. The molecule has 3 heteroatoms. The van der Waals surface area contributed by atoms with Gasteiger partial charge in [-0.15, -0.1) is 0 Å². The fourth-order valence-corrected chi connectivity index (χ4v) is 2.96. The lowest BCUT2D eigenvalue weighted by Gasteiger charge is -2.19. The van der Waals surface area contributed by atoms with E-state index in [0.29, 0.717) is 12.2 Å². The van der Waals surface area contributed by atoms with Crippen molar-refractivity contribution in [1.29, 1.82) is 0 Å². The number of hydrogen-bond acceptors (Lipinski definition) is 3. The van der Waals surface area contributed by atoms with Crippen molar-refractivity contribution in [2.24, 2.45) is 0 Å². The van der Waals surface area contributed by atoms with Crippen LogP contribution in [0.3, 0.4) is 0 Å². The van der Waals surface area contributed by atoms with Crippen molar-refractivity contribution in [2.45, 2.75) is 30.9 Å². The number of hydrogen-bond donors (Lipinski definition) is 0. The van der Waals surface area contributed by atoms with E-state index in [-0.39, 0.29) is 5.25 Å². The second-order valence-corrected chi connectivity index (χ2v) is 4.94. The van der Waals surface area contributed by atoms with Gasteiger partial charge >= 0.3 is 0 Å². The molecule has 1 fully saturated rings. The molecule has 0 radical (unpaired) electrons. The molecule has 14 heavy (non-hydrogen) atoms. The average molecular weight is 210 g/mol. The monoisotopic (exact) mass is 210 g/mol. The normalized spacial score (nSPS) is 22.1. The van der Waals surface area contributed by atoms with Crippen LogP contribution in [0.5, 0.6) is 0 Å². The summed E-state index contributed by atoms with van der Waals surface area (Å²) in [7, 11) is 0. The quantitative estimate of drug-likeness (QED) is 0.768. The molecule has 0 amide bonds. The third kappa shape index (κ3) is 2.41. The summed E-state index contributed by atoms with van der Waals surface area (Å²) >= 11 is 1.81. The third-order valence-electron chi connectivity index (χ3n) is 2.50. The molecular weight excluding hydrogens is 196 g/mol. The van der Waals surface area contributed by atoms with E-state index >= 15 is 0 Å². The van der Waals surface area contributed by atoms with Gasteiger partial charge in [0, 0.05) is 6.42 Å². The lowest BCUT2D eigenvalue weighted by atomic mass is 10.1. The van der Waals surface area contributed by atoms with Crippen molar-refractivity contribution in [3.63, 3.8) is 0 Å². The zero-order valence-electron chi connectivity index (χ0n) is 8.07. The standard InChI is InChI=1S/C11H14O2S/c12-10(7-9-4-5-13-8-9)11-3-1-2-6-14-11/h4-5,8,11H,1-3,6-7H2. The van der Waals surface area contributed by atoms with Crippen LogP contribution in [0.2, 0.25) is 0 Å². The summed E-state index contributed by atoms with van der Waals surface area (Å²) < 4.78 is 4.94. The van der Waals surface area contributed by atoms with Gasteiger partial charge in [0.15, 0.2) is 0 Å². The van der Waals surface area contributed by atoms with E-state index in [1.807, 2.05) is 17.8 Å². The van der Waals surface area contributed by atoms with E-state index in [1.54, 1.807) is 12.5 Å². The molecule has 0 N–H and O–H groups in total. The van der Waals surface area contributed by atoms with Crippen molar-refractivity contribution in [3.05, 3.63) is 24.2 Å². The van der Waals surface area contributed by atoms with Crippen molar-refractivity contribution in [2.75, 3.05) is 5.75 Å². The Balaban J connectivity index is 1.88. The Bertz CT molecular complexity index is 286. The van der Waals surface area contributed by atoms with Crippen LogP contribution in [0.15, 0.2) is 23.0 Å². The van der Waals surface area contributed by atoms with E-state index in [9.17, 15) is 4.79 Å². The number of furan rings is 1. The maximum atomic E-state index is 11.8. The van der Waals surface area contributed by atoms with Crippen molar-refractivity contribution >= 4 is 17.5 Å². The largest absolute Gasteiger partial charge is 0.472 e. The van der Waals surface area contributed by atoms with Gasteiger partial charge in [-0.05, 0) is 30.2 Å². The number of rotatable bonds is 3. The number of Topliss-reactive ketones (excluding diaryl/α,β-unsaturated/α-hetero) is 1. The molecule has 0 spiro atoms. The highest BCUT2D eigenvalue weighted by molar-refractivity contribution is 8.00.